The maximum absolute atomic E-state index is 12.9. The Hall–Kier alpha value is -3.96. The average Bonchev–Trinajstić information content (AvgIpc) is 3.25. The number of amides is 2. The van der Waals surface area contributed by atoms with Gasteiger partial charge in [0.15, 0.2) is 5.65 Å². The molecule has 0 unspecified atom stereocenters. The fraction of sp³-hybridized carbons (Fsp3) is 0.296. The zero-order valence-corrected chi connectivity index (χ0v) is 21.1. The summed E-state index contributed by atoms with van der Waals surface area (Å²) in [6.45, 7) is 4.77. The van der Waals surface area contributed by atoms with Crippen molar-refractivity contribution in [3.8, 4) is 11.1 Å². The van der Waals surface area contributed by atoms with Crippen molar-refractivity contribution >= 4 is 28.4 Å². The van der Waals surface area contributed by atoms with Gasteiger partial charge in [0.1, 0.15) is 0 Å². The van der Waals surface area contributed by atoms with Crippen LogP contribution < -0.4 is 10.6 Å². The van der Waals surface area contributed by atoms with Crippen LogP contribution in [0.15, 0.2) is 60.8 Å². The molecule has 38 heavy (non-hydrogen) atoms. The Balaban J connectivity index is 1.32. The van der Waals surface area contributed by atoms with Crippen molar-refractivity contribution in [2.45, 2.75) is 12.7 Å². The summed E-state index contributed by atoms with van der Waals surface area (Å²) >= 11 is 0. The van der Waals surface area contributed by atoms with Crippen molar-refractivity contribution in [2.75, 3.05) is 43.9 Å². The van der Waals surface area contributed by atoms with Crippen molar-refractivity contribution in [1.29, 1.82) is 0 Å². The Morgan fingerprint density at radius 3 is 2.37 bits per heavy atom. The highest BCUT2D eigenvalue weighted by Crippen LogP contribution is 2.31. The van der Waals surface area contributed by atoms with E-state index in [-0.39, 0.29) is 5.69 Å². The molecular formula is C27H28F3N7O. The summed E-state index contributed by atoms with van der Waals surface area (Å²) in [6.07, 6.45) is -2.69. The van der Waals surface area contributed by atoms with Gasteiger partial charge in [0.25, 0.3) is 0 Å². The minimum atomic E-state index is -4.49. The lowest BCUT2D eigenvalue weighted by molar-refractivity contribution is -0.137. The molecule has 0 aliphatic carbocycles. The number of hydrogen-bond acceptors (Lipinski definition) is 5. The van der Waals surface area contributed by atoms with E-state index in [2.05, 4.69) is 38.6 Å². The van der Waals surface area contributed by atoms with E-state index in [1.54, 1.807) is 23.0 Å². The van der Waals surface area contributed by atoms with Gasteiger partial charge in [-0.25, -0.2) is 9.78 Å². The number of benzene rings is 2. The van der Waals surface area contributed by atoms with E-state index in [1.807, 2.05) is 19.2 Å². The van der Waals surface area contributed by atoms with Crippen LogP contribution in [0, 0.1) is 0 Å². The van der Waals surface area contributed by atoms with Crippen LogP contribution in [0.25, 0.3) is 22.2 Å². The monoisotopic (exact) mass is 523 g/mol. The van der Waals surface area contributed by atoms with Crippen LogP contribution in [-0.2, 0) is 19.8 Å². The van der Waals surface area contributed by atoms with E-state index < -0.39 is 17.8 Å². The fourth-order valence-electron chi connectivity index (χ4n) is 4.52. The number of urea groups is 1. The molecule has 3 heterocycles. The summed E-state index contributed by atoms with van der Waals surface area (Å²) in [5, 5.41) is 10.4. The number of aromatic nitrogens is 3. The standard InChI is InChI=1S/C27H28F3N7O/c1-35-10-12-37(13-11-35)17-22-15-23(24-16-31-36(2)25(24)32-22)18-6-8-20(9-7-18)33-26(38)34-21-5-3-4-19(14-21)27(28,29)30/h3-9,14-16H,10-13,17H2,1-2H3,(H2,33,34,38). The van der Waals surface area contributed by atoms with Gasteiger partial charge >= 0.3 is 12.2 Å². The zero-order chi connectivity index (χ0) is 26.9. The van der Waals surface area contributed by atoms with Gasteiger partial charge in [-0.05, 0) is 54.6 Å². The number of halogens is 3. The van der Waals surface area contributed by atoms with Gasteiger partial charge in [-0.15, -0.1) is 0 Å². The Bertz CT molecular complexity index is 1440. The molecule has 11 heteroatoms. The number of pyridine rings is 1. The molecule has 0 atom stereocenters. The number of rotatable bonds is 5. The largest absolute Gasteiger partial charge is 0.416 e. The first kappa shape index (κ1) is 25.7. The summed E-state index contributed by atoms with van der Waals surface area (Å²) in [5.74, 6) is 0. The molecule has 4 aromatic rings. The van der Waals surface area contributed by atoms with Gasteiger partial charge in [-0.2, -0.15) is 18.3 Å². The maximum Gasteiger partial charge on any atom is 0.416 e. The Morgan fingerprint density at radius 1 is 0.947 bits per heavy atom. The lowest BCUT2D eigenvalue weighted by Crippen LogP contribution is -2.44. The molecule has 0 bridgehead atoms. The summed E-state index contributed by atoms with van der Waals surface area (Å²) in [7, 11) is 4.00. The fourth-order valence-corrected chi connectivity index (χ4v) is 4.52. The molecule has 0 radical (unpaired) electrons. The third kappa shape index (κ3) is 5.79. The zero-order valence-electron chi connectivity index (χ0n) is 21.1. The second kappa shape index (κ2) is 10.4. The van der Waals surface area contributed by atoms with Crippen molar-refractivity contribution in [3.05, 3.63) is 72.1 Å². The number of nitrogens with zero attached hydrogens (tertiary/aromatic N) is 5. The van der Waals surface area contributed by atoms with Gasteiger partial charge in [-0.1, -0.05) is 18.2 Å². The van der Waals surface area contributed by atoms with Crippen molar-refractivity contribution in [1.82, 2.24) is 24.6 Å². The number of fused-ring (bicyclic) bond motifs is 1. The van der Waals surface area contributed by atoms with Gasteiger partial charge in [-0.3, -0.25) is 9.58 Å². The predicted molar refractivity (Wildman–Crippen MR) is 141 cm³/mol. The van der Waals surface area contributed by atoms with E-state index in [0.29, 0.717) is 5.69 Å². The van der Waals surface area contributed by atoms with Gasteiger partial charge in [0, 0.05) is 56.5 Å². The van der Waals surface area contributed by atoms with Crippen LogP contribution in [0.2, 0.25) is 0 Å². The number of nitrogens with one attached hydrogen (secondary N) is 2. The quantitative estimate of drug-likeness (QED) is 0.383. The van der Waals surface area contributed by atoms with Crippen molar-refractivity contribution in [3.63, 3.8) is 0 Å². The van der Waals surface area contributed by atoms with Crippen LogP contribution in [-0.4, -0.2) is 63.8 Å². The highest BCUT2D eigenvalue weighted by molar-refractivity contribution is 6.00. The summed E-state index contributed by atoms with van der Waals surface area (Å²) in [6, 6.07) is 13.2. The van der Waals surface area contributed by atoms with E-state index in [0.717, 1.165) is 72.7 Å². The van der Waals surface area contributed by atoms with Gasteiger partial charge in [0.2, 0.25) is 0 Å². The number of hydrogen-bond donors (Lipinski definition) is 2. The van der Waals surface area contributed by atoms with E-state index in [4.69, 9.17) is 4.98 Å². The highest BCUT2D eigenvalue weighted by Gasteiger charge is 2.30. The van der Waals surface area contributed by atoms with E-state index in [1.165, 1.54) is 12.1 Å². The smallest absolute Gasteiger partial charge is 0.308 e. The minimum absolute atomic E-state index is 0.0533. The highest BCUT2D eigenvalue weighted by atomic mass is 19.4. The third-order valence-electron chi connectivity index (χ3n) is 6.64. The molecule has 2 aromatic carbocycles. The van der Waals surface area contributed by atoms with E-state index in [9.17, 15) is 18.0 Å². The predicted octanol–water partition coefficient (Wildman–Crippen LogP) is 5.05. The van der Waals surface area contributed by atoms with Gasteiger partial charge in [0.05, 0.1) is 17.5 Å². The normalized spacial score (nSPS) is 15.1. The molecule has 1 fully saturated rings. The second-order valence-electron chi connectivity index (χ2n) is 9.48. The van der Waals surface area contributed by atoms with Crippen LogP contribution in [0.5, 0.6) is 0 Å². The summed E-state index contributed by atoms with van der Waals surface area (Å²) < 4.78 is 40.6. The number of piperazine rings is 1. The molecule has 2 N–H and O–H groups in total. The third-order valence-corrected chi connectivity index (χ3v) is 6.64. The van der Waals surface area contributed by atoms with Crippen LogP contribution in [0.1, 0.15) is 11.3 Å². The lowest BCUT2D eigenvalue weighted by atomic mass is 10.0. The molecule has 5 rings (SSSR count). The number of likely N-dealkylation sites (N-methyl/N-ethyl adjacent to an activating group) is 1. The molecular weight excluding hydrogens is 495 g/mol. The number of alkyl halides is 3. The SMILES string of the molecule is CN1CCN(Cc2cc(-c3ccc(NC(=O)Nc4cccc(C(F)(F)F)c4)cc3)c3cnn(C)c3n2)CC1. The number of aryl methyl sites for hydroxylation is 1. The minimum Gasteiger partial charge on any atom is -0.308 e. The average molecular weight is 524 g/mol. The topological polar surface area (TPSA) is 78.3 Å². The van der Waals surface area contributed by atoms with E-state index >= 15 is 0 Å². The number of anilines is 2. The summed E-state index contributed by atoms with van der Waals surface area (Å²) in [4.78, 5) is 22.0. The molecule has 0 saturated carbocycles. The Morgan fingerprint density at radius 2 is 1.66 bits per heavy atom. The maximum atomic E-state index is 12.9. The molecule has 2 aromatic heterocycles. The summed E-state index contributed by atoms with van der Waals surface area (Å²) in [5.41, 5.74) is 3.43. The van der Waals surface area contributed by atoms with Crippen LogP contribution >= 0.6 is 0 Å². The van der Waals surface area contributed by atoms with Crippen molar-refractivity contribution in [2.24, 2.45) is 7.05 Å². The molecule has 198 valence electrons. The molecule has 1 aliphatic rings. The van der Waals surface area contributed by atoms with Crippen molar-refractivity contribution < 1.29 is 18.0 Å². The molecule has 0 spiro atoms. The first-order valence-electron chi connectivity index (χ1n) is 12.2. The Kier molecular flexibility index (Phi) is 7.04. The van der Waals surface area contributed by atoms with Crippen LogP contribution in [0.3, 0.4) is 0 Å². The first-order chi connectivity index (χ1) is 18.2. The molecule has 2 amide bonds. The lowest BCUT2D eigenvalue weighted by Gasteiger charge is -2.32. The molecule has 1 saturated heterocycles. The first-order valence-corrected chi connectivity index (χ1v) is 12.2. The number of carbonyl (C=O) groups is 1. The number of carbonyl (C=O) groups excluding carboxylic acids is 1. The Labute approximate surface area is 218 Å². The second-order valence-corrected chi connectivity index (χ2v) is 9.48. The van der Waals surface area contributed by atoms with Gasteiger partial charge < -0.3 is 15.5 Å². The van der Waals surface area contributed by atoms with Crippen LogP contribution in [0.4, 0.5) is 29.3 Å². The molecule has 1 aliphatic heterocycles. The molecule has 8 nitrogen and oxygen atoms in total.